The van der Waals surface area contributed by atoms with Crippen molar-refractivity contribution in [3.8, 4) is 6.07 Å². The van der Waals surface area contributed by atoms with E-state index in [-0.39, 0.29) is 24.0 Å². The lowest BCUT2D eigenvalue weighted by molar-refractivity contribution is 0.0136. The van der Waals surface area contributed by atoms with Gasteiger partial charge in [0.1, 0.15) is 0 Å². The first-order chi connectivity index (χ1) is 11.6. The van der Waals surface area contributed by atoms with Gasteiger partial charge >= 0.3 is 0 Å². The molecule has 128 valence electrons. The van der Waals surface area contributed by atoms with E-state index in [1.807, 2.05) is 19.0 Å². The molecule has 3 rings (SSSR count). The Morgan fingerprint density at radius 2 is 2.12 bits per heavy atom. The van der Waals surface area contributed by atoms with Crippen LogP contribution in [0.4, 0.5) is 0 Å². The molecule has 0 radical (unpaired) electrons. The molecule has 0 N–H and O–H groups in total. The molecule has 2 heterocycles. The number of nitrogens with zero attached hydrogens (tertiary/aromatic N) is 3. The van der Waals surface area contributed by atoms with E-state index in [0.29, 0.717) is 37.5 Å². The van der Waals surface area contributed by atoms with E-state index in [2.05, 4.69) is 11.0 Å². The summed E-state index contributed by atoms with van der Waals surface area (Å²) in [5.74, 6) is 0.230. The van der Waals surface area contributed by atoms with Crippen LogP contribution in [0.1, 0.15) is 15.9 Å². The zero-order chi connectivity index (χ0) is 17.1. The number of benzene rings is 1. The van der Waals surface area contributed by atoms with Crippen molar-refractivity contribution in [1.82, 2.24) is 9.80 Å². The molecule has 3 atom stereocenters. The topological polar surface area (TPSA) is 65.8 Å². The lowest BCUT2D eigenvalue weighted by Gasteiger charge is -2.22. The van der Waals surface area contributed by atoms with Crippen molar-refractivity contribution in [3.63, 3.8) is 0 Å². The Bertz CT molecular complexity index is 623. The molecule has 1 amide bonds. The van der Waals surface area contributed by atoms with Crippen molar-refractivity contribution in [2.75, 3.05) is 47.0 Å². The van der Waals surface area contributed by atoms with Gasteiger partial charge in [-0.05, 0) is 38.4 Å². The number of hydrogen-bond acceptors (Lipinski definition) is 5. The van der Waals surface area contributed by atoms with Gasteiger partial charge in [0, 0.05) is 24.6 Å². The molecule has 2 fully saturated rings. The second-order valence-corrected chi connectivity index (χ2v) is 6.63. The summed E-state index contributed by atoms with van der Waals surface area (Å²) in [5.41, 5.74) is 1.16. The predicted molar refractivity (Wildman–Crippen MR) is 88.6 cm³/mol. The number of ether oxygens (including phenoxy) is 2. The molecular formula is C18H23N3O3. The Kier molecular flexibility index (Phi) is 5.14. The Morgan fingerprint density at radius 3 is 2.79 bits per heavy atom. The van der Waals surface area contributed by atoms with Gasteiger partial charge in [0.05, 0.1) is 43.6 Å². The zero-order valence-electron chi connectivity index (χ0n) is 14.1. The second kappa shape index (κ2) is 7.31. The first-order valence-corrected chi connectivity index (χ1v) is 8.25. The molecule has 0 aromatic heterocycles. The maximum Gasteiger partial charge on any atom is 0.254 e. The van der Waals surface area contributed by atoms with Crippen LogP contribution in [0.3, 0.4) is 0 Å². The third kappa shape index (κ3) is 3.44. The number of rotatable bonds is 5. The van der Waals surface area contributed by atoms with Crippen LogP contribution < -0.4 is 0 Å². The molecule has 1 aromatic rings. The van der Waals surface area contributed by atoms with Crippen LogP contribution in [0.2, 0.25) is 0 Å². The molecule has 24 heavy (non-hydrogen) atoms. The van der Waals surface area contributed by atoms with Crippen molar-refractivity contribution in [2.24, 2.45) is 5.92 Å². The van der Waals surface area contributed by atoms with Gasteiger partial charge in [-0.25, -0.2) is 0 Å². The third-order valence-corrected chi connectivity index (χ3v) is 4.74. The fraction of sp³-hybridized carbons (Fsp3) is 0.556. The van der Waals surface area contributed by atoms with Gasteiger partial charge < -0.3 is 19.3 Å². The number of nitriles is 1. The molecule has 6 nitrogen and oxygen atoms in total. The van der Waals surface area contributed by atoms with Gasteiger partial charge in [-0.15, -0.1) is 0 Å². The van der Waals surface area contributed by atoms with Gasteiger partial charge in [-0.2, -0.15) is 5.26 Å². The van der Waals surface area contributed by atoms with E-state index in [0.717, 1.165) is 6.54 Å². The molecule has 0 spiro atoms. The van der Waals surface area contributed by atoms with Gasteiger partial charge in [-0.3, -0.25) is 4.79 Å². The number of carbonyl (C=O) groups is 1. The van der Waals surface area contributed by atoms with Crippen LogP contribution in [0, 0.1) is 17.2 Å². The van der Waals surface area contributed by atoms with Crippen molar-refractivity contribution in [1.29, 1.82) is 5.26 Å². The van der Waals surface area contributed by atoms with Crippen molar-refractivity contribution < 1.29 is 14.3 Å². The minimum Gasteiger partial charge on any atom is -0.379 e. The Labute approximate surface area is 142 Å². The zero-order valence-corrected chi connectivity index (χ0v) is 14.1. The van der Waals surface area contributed by atoms with Crippen LogP contribution >= 0.6 is 0 Å². The second-order valence-electron chi connectivity index (χ2n) is 6.63. The maximum absolute atomic E-state index is 12.8. The largest absolute Gasteiger partial charge is 0.379 e. The average Bonchev–Trinajstić information content (AvgIpc) is 3.17. The molecule has 6 heteroatoms. The molecule has 2 aliphatic heterocycles. The standard InChI is InChI=1S/C18H23N3O3/c1-20(2)7-8-24-17-10-21(16-12-23-11-15(16)17)18(22)14-5-3-13(9-19)4-6-14/h3-6,15-17H,7-8,10-12H2,1-2H3/t15-,16+,17-/m1/s1. The highest BCUT2D eigenvalue weighted by Gasteiger charge is 2.47. The molecule has 0 aliphatic carbocycles. The van der Waals surface area contributed by atoms with E-state index >= 15 is 0 Å². The first kappa shape index (κ1) is 16.9. The monoisotopic (exact) mass is 329 g/mol. The van der Waals surface area contributed by atoms with Crippen LogP contribution in [-0.2, 0) is 9.47 Å². The fourth-order valence-corrected chi connectivity index (χ4v) is 3.35. The van der Waals surface area contributed by atoms with Crippen molar-refractivity contribution in [3.05, 3.63) is 35.4 Å². The van der Waals surface area contributed by atoms with Gasteiger partial charge in [-0.1, -0.05) is 0 Å². The summed E-state index contributed by atoms with van der Waals surface area (Å²) in [4.78, 5) is 16.8. The van der Waals surface area contributed by atoms with Gasteiger partial charge in [0.15, 0.2) is 0 Å². The van der Waals surface area contributed by atoms with E-state index < -0.39 is 0 Å². The number of fused-ring (bicyclic) bond motifs is 1. The summed E-state index contributed by atoms with van der Waals surface area (Å²) in [5, 5.41) is 8.88. The highest BCUT2D eigenvalue weighted by Crippen LogP contribution is 2.33. The lowest BCUT2D eigenvalue weighted by Crippen LogP contribution is -2.38. The van der Waals surface area contributed by atoms with E-state index in [1.165, 1.54) is 0 Å². The number of carbonyl (C=O) groups excluding carboxylic acids is 1. The highest BCUT2D eigenvalue weighted by molar-refractivity contribution is 5.94. The summed E-state index contributed by atoms with van der Waals surface area (Å²) in [6.07, 6.45) is 0.0276. The van der Waals surface area contributed by atoms with Crippen LogP contribution in [0.5, 0.6) is 0 Å². The quantitative estimate of drug-likeness (QED) is 0.805. The van der Waals surface area contributed by atoms with Crippen LogP contribution in [0.15, 0.2) is 24.3 Å². The molecule has 0 bridgehead atoms. The number of amides is 1. The van der Waals surface area contributed by atoms with E-state index in [4.69, 9.17) is 14.7 Å². The van der Waals surface area contributed by atoms with Crippen molar-refractivity contribution in [2.45, 2.75) is 12.1 Å². The number of likely N-dealkylation sites (N-methyl/N-ethyl adjacent to an activating group) is 1. The van der Waals surface area contributed by atoms with Gasteiger partial charge in [0.2, 0.25) is 0 Å². The fourth-order valence-electron chi connectivity index (χ4n) is 3.35. The van der Waals surface area contributed by atoms with Crippen LogP contribution in [-0.4, -0.2) is 74.9 Å². The normalized spacial score (nSPS) is 25.8. The van der Waals surface area contributed by atoms with Gasteiger partial charge in [0.25, 0.3) is 5.91 Å². The van der Waals surface area contributed by atoms with Crippen LogP contribution in [0.25, 0.3) is 0 Å². The molecule has 0 unspecified atom stereocenters. The summed E-state index contributed by atoms with van der Waals surface area (Å²) >= 11 is 0. The number of likely N-dealkylation sites (tertiary alicyclic amines) is 1. The molecule has 2 aliphatic rings. The van der Waals surface area contributed by atoms with E-state index in [9.17, 15) is 4.79 Å². The SMILES string of the molecule is CN(C)CCO[C@@H]1CN(C(=O)c2ccc(C#N)cc2)[C@H]2COC[C@@H]12. The summed E-state index contributed by atoms with van der Waals surface area (Å²) in [6.45, 7) is 3.33. The maximum atomic E-state index is 12.8. The first-order valence-electron chi connectivity index (χ1n) is 8.25. The molecule has 0 saturated carbocycles. The predicted octanol–water partition coefficient (Wildman–Crippen LogP) is 0.976. The smallest absolute Gasteiger partial charge is 0.254 e. The minimum atomic E-state index is -0.0151. The molecule has 2 saturated heterocycles. The average molecular weight is 329 g/mol. The van der Waals surface area contributed by atoms with Crippen molar-refractivity contribution >= 4 is 5.91 Å². The Morgan fingerprint density at radius 1 is 1.38 bits per heavy atom. The third-order valence-electron chi connectivity index (χ3n) is 4.74. The lowest BCUT2D eigenvalue weighted by atomic mass is 10.0. The summed E-state index contributed by atoms with van der Waals surface area (Å²) in [6, 6.07) is 8.93. The number of hydrogen-bond donors (Lipinski definition) is 0. The minimum absolute atomic E-state index is 0.0151. The summed E-state index contributed by atoms with van der Waals surface area (Å²) in [7, 11) is 4.03. The Hall–Kier alpha value is -1.94. The Balaban J connectivity index is 1.68. The molecular weight excluding hydrogens is 306 g/mol. The summed E-state index contributed by atoms with van der Waals surface area (Å²) < 4.78 is 11.6. The van der Waals surface area contributed by atoms with E-state index in [1.54, 1.807) is 24.3 Å². The highest BCUT2D eigenvalue weighted by atomic mass is 16.5. The molecule has 1 aromatic carbocycles.